The molecular weight excluding hydrogens is 102 g/mol. The van der Waals surface area contributed by atoms with Crippen LogP contribution in [0, 0.1) is 0 Å². The summed E-state index contributed by atoms with van der Waals surface area (Å²) in [5, 5.41) is 12.6. The van der Waals surface area contributed by atoms with Gasteiger partial charge in [0.05, 0.1) is 5.60 Å². The number of nitrogens with one attached hydrogen (secondary N) is 1. The van der Waals surface area contributed by atoms with Crippen LogP contribution in [0.1, 0.15) is 19.8 Å². The summed E-state index contributed by atoms with van der Waals surface area (Å²) in [4.78, 5) is 0. The van der Waals surface area contributed by atoms with Crippen LogP contribution in [0.4, 0.5) is 0 Å². The maximum atomic E-state index is 9.44. The van der Waals surface area contributed by atoms with Crippen molar-refractivity contribution in [2.75, 3.05) is 13.1 Å². The van der Waals surface area contributed by atoms with Crippen molar-refractivity contribution in [3.63, 3.8) is 0 Å². The first-order valence-corrected chi connectivity index (χ1v) is 3.20. The fourth-order valence-corrected chi connectivity index (χ4v) is 1.03. The Morgan fingerprint density at radius 3 is 2.75 bits per heavy atom. The van der Waals surface area contributed by atoms with Crippen LogP contribution in [0.2, 0.25) is 0 Å². The molecule has 0 aromatic rings. The topological polar surface area (TPSA) is 32.3 Å². The van der Waals surface area contributed by atoms with E-state index in [0.29, 0.717) is 0 Å². The first-order valence-electron chi connectivity index (χ1n) is 3.20. The zero-order chi connectivity index (χ0) is 6.04. The molecule has 2 nitrogen and oxygen atoms in total. The first-order chi connectivity index (χ1) is 3.77. The molecule has 1 aliphatic heterocycles. The number of hydrogen-bond donors (Lipinski definition) is 2. The third-order valence-electron chi connectivity index (χ3n) is 1.88. The Hall–Kier alpha value is -0.0800. The normalized spacial score (nSPS) is 38.2. The smallest absolute Gasteiger partial charge is 0.0781 e. The van der Waals surface area contributed by atoms with E-state index >= 15 is 0 Å². The van der Waals surface area contributed by atoms with Crippen molar-refractivity contribution in [3.8, 4) is 0 Å². The van der Waals surface area contributed by atoms with Gasteiger partial charge in [-0.3, -0.25) is 0 Å². The molecule has 2 N–H and O–H groups in total. The van der Waals surface area contributed by atoms with Crippen LogP contribution in [0.15, 0.2) is 0 Å². The Kier molecular flexibility index (Phi) is 1.54. The Balaban J connectivity index is 2.40. The first kappa shape index (κ1) is 6.05. The summed E-state index contributed by atoms with van der Waals surface area (Å²) in [7, 11) is 0. The van der Waals surface area contributed by atoms with Gasteiger partial charge in [0.15, 0.2) is 0 Å². The molecule has 1 atom stereocenters. The van der Waals surface area contributed by atoms with E-state index in [2.05, 4.69) is 5.32 Å². The van der Waals surface area contributed by atoms with Crippen molar-refractivity contribution in [2.24, 2.45) is 0 Å². The largest absolute Gasteiger partial charge is 0.389 e. The molecule has 1 unspecified atom stereocenters. The van der Waals surface area contributed by atoms with E-state index in [1.807, 2.05) is 6.92 Å². The summed E-state index contributed by atoms with van der Waals surface area (Å²) in [5.41, 5.74) is -0.375. The minimum absolute atomic E-state index is 0.375. The Morgan fingerprint density at radius 1 is 1.75 bits per heavy atom. The Morgan fingerprint density at radius 2 is 2.50 bits per heavy atom. The SMILES string of the molecule is CCC1(O)CCNC1. The van der Waals surface area contributed by atoms with Gasteiger partial charge in [-0.2, -0.15) is 0 Å². The van der Waals surface area contributed by atoms with E-state index < -0.39 is 0 Å². The van der Waals surface area contributed by atoms with Gasteiger partial charge >= 0.3 is 0 Å². The highest BCUT2D eigenvalue weighted by Gasteiger charge is 2.27. The number of aliphatic hydroxyl groups is 1. The quantitative estimate of drug-likeness (QED) is 0.509. The lowest BCUT2D eigenvalue weighted by molar-refractivity contribution is 0.0575. The average Bonchev–Trinajstić information content (AvgIpc) is 2.17. The molecular formula is C6H13NO. The lowest BCUT2D eigenvalue weighted by atomic mass is 10.0. The predicted octanol–water partition coefficient (Wildman–Crippen LogP) is 0.121. The molecule has 1 aliphatic rings. The average molecular weight is 115 g/mol. The summed E-state index contributed by atoms with van der Waals surface area (Å²) < 4.78 is 0. The molecule has 1 heterocycles. The highest BCUT2D eigenvalue weighted by Crippen LogP contribution is 2.16. The molecule has 0 aliphatic carbocycles. The van der Waals surface area contributed by atoms with Gasteiger partial charge in [0.25, 0.3) is 0 Å². The second-order valence-corrected chi connectivity index (χ2v) is 2.50. The van der Waals surface area contributed by atoms with Crippen LogP contribution in [-0.2, 0) is 0 Å². The minimum atomic E-state index is -0.375. The van der Waals surface area contributed by atoms with E-state index in [9.17, 15) is 5.11 Å². The van der Waals surface area contributed by atoms with Crippen molar-refractivity contribution in [1.29, 1.82) is 0 Å². The Labute approximate surface area is 49.9 Å². The maximum absolute atomic E-state index is 9.44. The van der Waals surface area contributed by atoms with Crippen molar-refractivity contribution < 1.29 is 5.11 Å². The third kappa shape index (κ3) is 1.01. The molecule has 0 spiro atoms. The van der Waals surface area contributed by atoms with Crippen LogP contribution in [-0.4, -0.2) is 23.8 Å². The predicted molar refractivity (Wildman–Crippen MR) is 32.7 cm³/mol. The summed E-state index contributed by atoms with van der Waals surface area (Å²) in [5.74, 6) is 0. The molecule has 1 saturated heterocycles. The summed E-state index contributed by atoms with van der Waals surface area (Å²) in [6.45, 7) is 3.78. The maximum Gasteiger partial charge on any atom is 0.0781 e. The van der Waals surface area contributed by atoms with Gasteiger partial charge in [-0.15, -0.1) is 0 Å². The zero-order valence-electron chi connectivity index (χ0n) is 5.28. The highest BCUT2D eigenvalue weighted by atomic mass is 16.3. The number of β-amino-alcohol motifs (C(OH)–C–C–N with tert-alkyl or cyclic N) is 1. The summed E-state index contributed by atoms with van der Waals surface area (Å²) in [6.07, 6.45) is 1.80. The standard InChI is InChI=1S/C6H13NO/c1-2-6(8)3-4-7-5-6/h7-8H,2-5H2,1H3. The van der Waals surface area contributed by atoms with E-state index in [-0.39, 0.29) is 5.60 Å². The molecule has 0 bridgehead atoms. The molecule has 48 valence electrons. The fourth-order valence-electron chi connectivity index (χ4n) is 1.03. The van der Waals surface area contributed by atoms with Gasteiger partial charge in [0, 0.05) is 6.54 Å². The monoisotopic (exact) mass is 115 g/mol. The van der Waals surface area contributed by atoms with Crippen molar-refractivity contribution in [2.45, 2.75) is 25.4 Å². The minimum Gasteiger partial charge on any atom is -0.389 e. The van der Waals surface area contributed by atoms with Gasteiger partial charge in [0.1, 0.15) is 0 Å². The number of hydrogen-bond acceptors (Lipinski definition) is 2. The van der Waals surface area contributed by atoms with E-state index in [0.717, 1.165) is 25.9 Å². The van der Waals surface area contributed by atoms with Crippen molar-refractivity contribution in [1.82, 2.24) is 5.32 Å². The lowest BCUT2D eigenvalue weighted by Crippen LogP contribution is -2.29. The molecule has 1 fully saturated rings. The van der Waals surface area contributed by atoms with E-state index in [4.69, 9.17) is 0 Å². The van der Waals surface area contributed by atoms with E-state index in [1.165, 1.54) is 0 Å². The molecule has 0 amide bonds. The van der Waals surface area contributed by atoms with Gasteiger partial charge < -0.3 is 10.4 Å². The zero-order valence-corrected chi connectivity index (χ0v) is 5.28. The fraction of sp³-hybridized carbons (Fsp3) is 1.00. The molecule has 0 radical (unpaired) electrons. The molecule has 0 aromatic carbocycles. The molecule has 0 saturated carbocycles. The highest BCUT2D eigenvalue weighted by molar-refractivity contribution is 4.85. The molecule has 8 heavy (non-hydrogen) atoms. The second-order valence-electron chi connectivity index (χ2n) is 2.50. The van der Waals surface area contributed by atoms with Crippen molar-refractivity contribution in [3.05, 3.63) is 0 Å². The van der Waals surface area contributed by atoms with Crippen molar-refractivity contribution >= 4 is 0 Å². The lowest BCUT2D eigenvalue weighted by Gasteiger charge is -2.17. The summed E-state index contributed by atoms with van der Waals surface area (Å²) >= 11 is 0. The van der Waals surface area contributed by atoms with Gasteiger partial charge in [0.2, 0.25) is 0 Å². The number of rotatable bonds is 1. The summed E-state index contributed by atoms with van der Waals surface area (Å²) in [6, 6.07) is 0. The third-order valence-corrected chi connectivity index (χ3v) is 1.88. The van der Waals surface area contributed by atoms with Gasteiger partial charge in [-0.05, 0) is 19.4 Å². The molecule has 1 rings (SSSR count). The van der Waals surface area contributed by atoms with Crippen LogP contribution in [0.3, 0.4) is 0 Å². The molecule has 0 aromatic heterocycles. The van der Waals surface area contributed by atoms with Gasteiger partial charge in [-0.1, -0.05) is 6.92 Å². The van der Waals surface area contributed by atoms with E-state index in [1.54, 1.807) is 0 Å². The van der Waals surface area contributed by atoms with Crippen LogP contribution >= 0.6 is 0 Å². The Bertz CT molecular complexity index is 76.6. The van der Waals surface area contributed by atoms with Crippen LogP contribution in [0.5, 0.6) is 0 Å². The molecule has 2 heteroatoms. The van der Waals surface area contributed by atoms with Crippen LogP contribution in [0.25, 0.3) is 0 Å². The second kappa shape index (κ2) is 2.03. The van der Waals surface area contributed by atoms with Crippen LogP contribution < -0.4 is 5.32 Å². The van der Waals surface area contributed by atoms with Gasteiger partial charge in [-0.25, -0.2) is 0 Å².